The Bertz CT molecular complexity index is 292. The minimum absolute atomic E-state index is 0.0641. The fraction of sp³-hybridized carbons (Fsp3) is 0.615. The first kappa shape index (κ1) is 12.8. The molecule has 1 rings (SSSR count). The molecule has 0 aromatic rings. The highest BCUT2D eigenvalue weighted by Crippen LogP contribution is 2.30. The first-order valence-electron chi connectivity index (χ1n) is 5.82. The predicted molar refractivity (Wildman–Crippen MR) is 62.9 cm³/mol. The van der Waals surface area contributed by atoms with Crippen molar-refractivity contribution in [3.8, 4) is 0 Å². The van der Waals surface area contributed by atoms with Gasteiger partial charge in [0.25, 0.3) is 0 Å². The Morgan fingerprint density at radius 2 is 2.38 bits per heavy atom. The van der Waals surface area contributed by atoms with Crippen LogP contribution in [0.5, 0.6) is 0 Å². The first-order chi connectivity index (χ1) is 7.72. The van der Waals surface area contributed by atoms with E-state index in [4.69, 9.17) is 9.47 Å². The molecule has 0 spiro atoms. The minimum atomic E-state index is -0.268. The van der Waals surface area contributed by atoms with Crippen LogP contribution in [0.3, 0.4) is 0 Å². The molecule has 1 heterocycles. The van der Waals surface area contributed by atoms with Crippen molar-refractivity contribution in [1.29, 1.82) is 0 Å². The molecule has 0 fully saturated rings. The van der Waals surface area contributed by atoms with Crippen LogP contribution >= 0.6 is 0 Å². The average molecular weight is 224 g/mol. The van der Waals surface area contributed by atoms with Crippen LogP contribution in [-0.2, 0) is 14.3 Å². The van der Waals surface area contributed by atoms with Crippen LogP contribution < -0.4 is 0 Å². The Kier molecular flexibility index (Phi) is 5.09. The number of rotatable bonds is 6. The first-order valence-corrected chi connectivity index (χ1v) is 5.82. The molecule has 0 N–H and O–H groups in total. The molecule has 1 aliphatic rings. The lowest BCUT2D eigenvalue weighted by molar-refractivity contribution is -0.136. The van der Waals surface area contributed by atoms with E-state index in [0.717, 1.165) is 31.4 Å². The molecule has 1 atom stereocenters. The van der Waals surface area contributed by atoms with E-state index in [-0.39, 0.29) is 12.1 Å². The number of esters is 1. The zero-order chi connectivity index (χ0) is 12.0. The van der Waals surface area contributed by atoms with E-state index in [1.165, 1.54) is 7.11 Å². The zero-order valence-electron chi connectivity index (χ0n) is 10.1. The Morgan fingerprint density at radius 1 is 1.62 bits per heavy atom. The van der Waals surface area contributed by atoms with Gasteiger partial charge in [0.1, 0.15) is 11.9 Å². The topological polar surface area (TPSA) is 35.5 Å². The standard InChI is InChI=1S/C13H20O3/c1-4-6-7-8-12-11(13(14)15-3)9-10(5-2)16-12/h5,10H,2,4,6-9H2,1,3H3. The third-order valence-electron chi connectivity index (χ3n) is 2.74. The Hall–Kier alpha value is -1.25. The Morgan fingerprint density at radius 3 is 2.94 bits per heavy atom. The molecule has 1 aliphatic heterocycles. The van der Waals surface area contributed by atoms with Crippen molar-refractivity contribution in [3.05, 3.63) is 24.0 Å². The molecule has 0 saturated heterocycles. The largest absolute Gasteiger partial charge is 0.490 e. The minimum Gasteiger partial charge on any atom is -0.490 e. The number of carbonyl (C=O) groups is 1. The zero-order valence-corrected chi connectivity index (χ0v) is 10.1. The van der Waals surface area contributed by atoms with Gasteiger partial charge in [-0.05, 0) is 6.42 Å². The van der Waals surface area contributed by atoms with Crippen molar-refractivity contribution in [2.75, 3.05) is 7.11 Å². The molecule has 90 valence electrons. The van der Waals surface area contributed by atoms with Crippen LogP contribution in [0.15, 0.2) is 24.0 Å². The maximum atomic E-state index is 11.5. The van der Waals surface area contributed by atoms with Crippen LogP contribution in [0.2, 0.25) is 0 Å². The van der Waals surface area contributed by atoms with Crippen molar-refractivity contribution >= 4 is 5.97 Å². The number of carbonyl (C=O) groups excluding carboxylic acids is 1. The second-order valence-corrected chi connectivity index (χ2v) is 3.95. The average Bonchev–Trinajstić information content (AvgIpc) is 2.72. The second kappa shape index (κ2) is 6.36. The SMILES string of the molecule is C=CC1CC(C(=O)OC)=C(CCCCC)O1. The lowest BCUT2D eigenvalue weighted by atomic mass is 10.1. The Balaban J connectivity index is 2.64. The molecule has 0 saturated carbocycles. The summed E-state index contributed by atoms with van der Waals surface area (Å²) in [6.45, 7) is 5.84. The summed E-state index contributed by atoms with van der Waals surface area (Å²) in [5, 5.41) is 0. The van der Waals surface area contributed by atoms with Crippen LogP contribution in [0.25, 0.3) is 0 Å². The quantitative estimate of drug-likeness (QED) is 0.395. The summed E-state index contributed by atoms with van der Waals surface area (Å²) in [4.78, 5) is 11.5. The van der Waals surface area contributed by atoms with Gasteiger partial charge in [-0.1, -0.05) is 32.4 Å². The van der Waals surface area contributed by atoms with Gasteiger partial charge in [-0.25, -0.2) is 4.79 Å². The van der Waals surface area contributed by atoms with Crippen molar-refractivity contribution in [3.63, 3.8) is 0 Å². The molecular weight excluding hydrogens is 204 g/mol. The summed E-state index contributed by atoms with van der Waals surface area (Å²) in [5.74, 6) is 0.529. The molecule has 0 aliphatic carbocycles. The molecule has 3 heteroatoms. The molecule has 1 unspecified atom stereocenters. The van der Waals surface area contributed by atoms with Gasteiger partial charge < -0.3 is 9.47 Å². The highest BCUT2D eigenvalue weighted by Gasteiger charge is 2.28. The summed E-state index contributed by atoms with van der Waals surface area (Å²) >= 11 is 0. The van der Waals surface area contributed by atoms with Crippen molar-refractivity contribution in [2.45, 2.75) is 45.1 Å². The van der Waals surface area contributed by atoms with Gasteiger partial charge in [-0.15, -0.1) is 0 Å². The molecule has 3 nitrogen and oxygen atoms in total. The number of hydrogen-bond acceptors (Lipinski definition) is 3. The van der Waals surface area contributed by atoms with Gasteiger partial charge in [0, 0.05) is 12.8 Å². The highest BCUT2D eigenvalue weighted by molar-refractivity contribution is 5.89. The third kappa shape index (κ3) is 3.12. The second-order valence-electron chi connectivity index (χ2n) is 3.95. The fourth-order valence-electron chi connectivity index (χ4n) is 1.81. The van der Waals surface area contributed by atoms with E-state index >= 15 is 0 Å². The maximum Gasteiger partial charge on any atom is 0.337 e. The predicted octanol–water partition coefficient (Wildman–Crippen LogP) is 2.97. The molecule has 0 bridgehead atoms. The van der Waals surface area contributed by atoms with E-state index < -0.39 is 0 Å². The molecule has 16 heavy (non-hydrogen) atoms. The van der Waals surface area contributed by atoms with E-state index in [1.54, 1.807) is 6.08 Å². The summed E-state index contributed by atoms with van der Waals surface area (Å²) in [5.41, 5.74) is 0.684. The molecular formula is C13H20O3. The summed E-state index contributed by atoms with van der Waals surface area (Å²) in [6.07, 6.45) is 6.45. The van der Waals surface area contributed by atoms with Crippen LogP contribution in [0, 0.1) is 0 Å². The van der Waals surface area contributed by atoms with Gasteiger partial charge in [0.05, 0.1) is 12.7 Å². The van der Waals surface area contributed by atoms with Gasteiger partial charge in [0.2, 0.25) is 0 Å². The number of ether oxygens (including phenoxy) is 2. The van der Waals surface area contributed by atoms with E-state index in [9.17, 15) is 4.79 Å². The van der Waals surface area contributed by atoms with Gasteiger partial charge in [-0.2, -0.15) is 0 Å². The smallest absolute Gasteiger partial charge is 0.337 e. The molecule has 0 aromatic heterocycles. The lowest BCUT2D eigenvalue weighted by Crippen LogP contribution is -2.06. The monoisotopic (exact) mass is 224 g/mol. The third-order valence-corrected chi connectivity index (χ3v) is 2.74. The van der Waals surface area contributed by atoms with Gasteiger partial charge >= 0.3 is 5.97 Å². The van der Waals surface area contributed by atoms with Crippen molar-refractivity contribution in [1.82, 2.24) is 0 Å². The normalized spacial score (nSPS) is 19.5. The Labute approximate surface area is 97.1 Å². The summed E-state index contributed by atoms with van der Waals surface area (Å²) < 4.78 is 10.4. The van der Waals surface area contributed by atoms with Gasteiger partial charge in [0.15, 0.2) is 0 Å². The van der Waals surface area contributed by atoms with E-state index in [2.05, 4.69) is 13.5 Å². The number of allylic oxidation sites excluding steroid dienone is 1. The molecule has 0 radical (unpaired) electrons. The number of unbranched alkanes of at least 4 members (excludes halogenated alkanes) is 2. The fourth-order valence-corrected chi connectivity index (χ4v) is 1.81. The number of methoxy groups -OCH3 is 1. The van der Waals surface area contributed by atoms with Gasteiger partial charge in [-0.3, -0.25) is 0 Å². The highest BCUT2D eigenvalue weighted by atomic mass is 16.5. The van der Waals surface area contributed by atoms with Crippen molar-refractivity contribution in [2.24, 2.45) is 0 Å². The van der Waals surface area contributed by atoms with Crippen LogP contribution in [0.4, 0.5) is 0 Å². The molecule has 0 aromatic carbocycles. The summed E-state index contributed by atoms with van der Waals surface area (Å²) in [7, 11) is 1.40. The van der Waals surface area contributed by atoms with E-state index in [1.807, 2.05) is 0 Å². The maximum absolute atomic E-state index is 11.5. The van der Waals surface area contributed by atoms with Crippen molar-refractivity contribution < 1.29 is 14.3 Å². The molecule has 0 amide bonds. The van der Waals surface area contributed by atoms with Crippen LogP contribution in [0.1, 0.15) is 39.0 Å². The summed E-state index contributed by atoms with van der Waals surface area (Å²) in [6, 6.07) is 0. The van der Waals surface area contributed by atoms with E-state index in [0.29, 0.717) is 12.0 Å². The van der Waals surface area contributed by atoms with Crippen LogP contribution in [-0.4, -0.2) is 19.2 Å². The lowest BCUT2D eigenvalue weighted by Gasteiger charge is -2.08. The number of hydrogen-bond donors (Lipinski definition) is 0.